The summed E-state index contributed by atoms with van der Waals surface area (Å²) in [4.78, 5) is 0. The van der Waals surface area contributed by atoms with E-state index in [9.17, 15) is 0 Å². The molecule has 2 N–H and O–H groups in total. The van der Waals surface area contributed by atoms with E-state index in [2.05, 4.69) is 38.1 Å². The molecule has 16 heavy (non-hydrogen) atoms. The molecule has 0 aliphatic carbocycles. The van der Waals surface area contributed by atoms with Gasteiger partial charge in [-0.1, -0.05) is 29.8 Å². The van der Waals surface area contributed by atoms with Crippen LogP contribution in [0.3, 0.4) is 0 Å². The van der Waals surface area contributed by atoms with E-state index in [1.807, 2.05) is 0 Å². The van der Waals surface area contributed by atoms with Gasteiger partial charge in [0.1, 0.15) is 0 Å². The van der Waals surface area contributed by atoms with Gasteiger partial charge in [-0.25, -0.2) is 0 Å². The predicted octanol–water partition coefficient (Wildman–Crippen LogP) is 2.39. The monoisotopic (exact) mass is 219 g/mol. The number of nitrogens with two attached hydrogens (primary N) is 1. The van der Waals surface area contributed by atoms with Crippen LogP contribution in [0.4, 0.5) is 0 Å². The summed E-state index contributed by atoms with van der Waals surface area (Å²) >= 11 is 0. The van der Waals surface area contributed by atoms with E-state index in [0.29, 0.717) is 0 Å². The Hall–Kier alpha value is -0.860. The minimum atomic E-state index is 0.236. The second kappa shape index (κ2) is 4.56. The molecule has 1 saturated heterocycles. The largest absolute Gasteiger partial charge is 0.379 e. The third kappa shape index (κ3) is 2.28. The van der Waals surface area contributed by atoms with Crippen molar-refractivity contribution in [1.29, 1.82) is 0 Å². The fourth-order valence-corrected chi connectivity index (χ4v) is 2.28. The summed E-state index contributed by atoms with van der Waals surface area (Å²) < 4.78 is 5.42. The van der Waals surface area contributed by atoms with Crippen molar-refractivity contribution >= 4 is 0 Å². The highest BCUT2D eigenvalue weighted by atomic mass is 16.5. The van der Waals surface area contributed by atoms with Crippen molar-refractivity contribution in [2.75, 3.05) is 13.2 Å². The fourth-order valence-electron chi connectivity index (χ4n) is 2.28. The molecule has 2 nitrogen and oxygen atoms in total. The highest BCUT2D eigenvalue weighted by Crippen LogP contribution is 2.37. The van der Waals surface area contributed by atoms with Gasteiger partial charge in [0.15, 0.2) is 0 Å². The summed E-state index contributed by atoms with van der Waals surface area (Å²) in [6.45, 7) is 5.91. The first-order chi connectivity index (χ1) is 7.62. The van der Waals surface area contributed by atoms with Crippen molar-refractivity contribution in [3.63, 3.8) is 0 Å². The minimum absolute atomic E-state index is 0.236. The molecule has 1 fully saturated rings. The molecule has 0 aromatic heterocycles. The van der Waals surface area contributed by atoms with E-state index in [0.717, 1.165) is 26.1 Å². The van der Waals surface area contributed by atoms with E-state index in [1.165, 1.54) is 11.1 Å². The molecule has 1 atom stereocenters. The van der Waals surface area contributed by atoms with Crippen LogP contribution in [0.15, 0.2) is 24.3 Å². The Morgan fingerprint density at radius 3 is 2.69 bits per heavy atom. The van der Waals surface area contributed by atoms with Crippen LogP contribution in [0.2, 0.25) is 0 Å². The fraction of sp³-hybridized carbons (Fsp3) is 0.571. The molecule has 0 spiro atoms. The first-order valence-corrected chi connectivity index (χ1v) is 6.03. The number of aryl methyl sites for hydroxylation is 1. The molecule has 1 aliphatic rings. The van der Waals surface area contributed by atoms with Gasteiger partial charge in [0.2, 0.25) is 0 Å². The van der Waals surface area contributed by atoms with Crippen molar-refractivity contribution < 1.29 is 4.74 Å². The van der Waals surface area contributed by atoms with Crippen LogP contribution in [0.25, 0.3) is 0 Å². The Bertz CT molecular complexity index is 356. The van der Waals surface area contributed by atoms with Crippen LogP contribution in [-0.4, -0.2) is 19.3 Å². The Morgan fingerprint density at radius 1 is 1.44 bits per heavy atom. The summed E-state index contributed by atoms with van der Waals surface area (Å²) in [7, 11) is 0. The topological polar surface area (TPSA) is 35.2 Å². The van der Waals surface area contributed by atoms with Gasteiger partial charge in [0.05, 0.1) is 13.2 Å². The molecule has 2 rings (SSSR count). The molecule has 0 radical (unpaired) electrons. The van der Waals surface area contributed by atoms with Gasteiger partial charge in [0, 0.05) is 11.5 Å². The second-order valence-electron chi connectivity index (χ2n) is 5.16. The summed E-state index contributed by atoms with van der Waals surface area (Å²) in [6.07, 6.45) is 2.20. The van der Waals surface area contributed by atoms with E-state index in [4.69, 9.17) is 10.5 Å². The molecule has 1 aromatic carbocycles. The molecular formula is C14H21NO. The number of rotatable bonds is 4. The van der Waals surface area contributed by atoms with Gasteiger partial charge in [-0.05, 0) is 32.3 Å². The molecule has 0 saturated carbocycles. The third-order valence-corrected chi connectivity index (χ3v) is 3.47. The number of benzene rings is 1. The Balaban J connectivity index is 2.14. The van der Waals surface area contributed by atoms with Crippen molar-refractivity contribution in [2.45, 2.75) is 38.1 Å². The zero-order chi connectivity index (χ0) is 11.6. The summed E-state index contributed by atoms with van der Waals surface area (Å²) in [5.41, 5.74) is 8.82. The SMILES string of the molecule is Cc1cccc(C2(CCC(C)N)COC2)c1. The van der Waals surface area contributed by atoms with Crippen LogP contribution in [0.1, 0.15) is 30.9 Å². The zero-order valence-corrected chi connectivity index (χ0v) is 10.2. The molecule has 1 aromatic rings. The molecule has 1 heterocycles. The number of hydrogen-bond acceptors (Lipinski definition) is 2. The zero-order valence-electron chi connectivity index (χ0n) is 10.2. The van der Waals surface area contributed by atoms with Gasteiger partial charge < -0.3 is 10.5 Å². The van der Waals surface area contributed by atoms with Crippen LogP contribution in [0, 0.1) is 6.92 Å². The van der Waals surface area contributed by atoms with Crippen LogP contribution in [-0.2, 0) is 10.2 Å². The molecule has 88 valence electrons. The molecule has 0 amide bonds. The summed E-state index contributed by atoms with van der Waals surface area (Å²) in [5.74, 6) is 0. The summed E-state index contributed by atoms with van der Waals surface area (Å²) in [6, 6.07) is 9.06. The molecule has 1 aliphatic heterocycles. The Kier molecular flexibility index (Phi) is 3.31. The molecular weight excluding hydrogens is 198 g/mol. The van der Waals surface area contributed by atoms with Crippen molar-refractivity contribution in [2.24, 2.45) is 5.73 Å². The van der Waals surface area contributed by atoms with E-state index < -0.39 is 0 Å². The Morgan fingerprint density at radius 2 is 2.19 bits per heavy atom. The highest BCUT2D eigenvalue weighted by Gasteiger charge is 2.39. The lowest BCUT2D eigenvalue weighted by atomic mass is 9.74. The van der Waals surface area contributed by atoms with Crippen molar-refractivity contribution in [1.82, 2.24) is 0 Å². The van der Waals surface area contributed by atoms with Crippen LogP contribution < -0.4 is 5.73 Å². The lowest BCUT2D eigenvalue weighted by Gasteiger charge is -2.42. The maximum Gasteiger partial charge on any atom is 0.0585 e. The normalized spacial score (nSPS) is 20.2. The number of hydrogen-bond donors (Lipinski definition) is 1. The quantitative estimate of drug-likeness (QED) is 0.844. The smallest absolute Gasteiger partial charge is 0.0585 e. The van der Waals surface area contributed by atoms with Gasteiger partial charge in [0.25, 0.3) is 0 Å². The first kappa shape index (κ1) is 11.6. The standard InChI is InChI=1S/C14H21NO/c1-11-4-3-5-13(8-11)14(9-16-10-14)7-6-12(2)15/h3-5,8,12H,6-7,9-10,15H2,1-2H3. The lowest BCUT2D eigenvalue weighted by Crippen LogP contribution is -2.47. The van der Waals surface area contributed by atoms with E-state index >= 15 is 0 Å². The molecule has 0 bridgehead atoms. The first-order valence-electron chi connectivity index (χ1n) is 6.03. The third-order valence-electron chi connectivity index (χ3n) is 3.47. The molecule has 2 heteroatoms. The average molecular weight is 219 g/mol. The van der Waals surface area contributed by atoms with Gasteiger partial charge in [-0.2, -0.15) is 0 Å². The van der Waals surface area contributed by atoms with E-state index in [1.54, 1.807) is 0 Å². The highest BCUT2D eigenvalue weighted by molar-refractivity contribution is 5.31. The van der Waals surface area contributed by atoms with Crippen LogP contribution in [0.5, 0.6) is 0 Å². The van der Waals surface area contributed by atoms with Gasteiger partial charge >= 0.3 is 0 Å². The maximum absolute atomic E-state index is 5.85. The molecule has 1 unspecified atom stereocenters. The predicted molar refractivity (Wildman–Crippen MR) is 66.6 cm³/mol. The summed E-state index contributed by atoms with van der Waals surface area (Å²) in [5, 5.41) is 0. The van der Waals surface area contributed by atoms with Gasteiger partial charge in [-0.3, -0.25) is 0 Å². The maximum atomic E-state index is 5.85. The average Bonchev–Trinajstić information content (AvgIpc) is 2.15. The minimum Gasteiger partial charge on any atom is -0.379 e. The number of ether oxygens (including phenoxy) is 1. The van der Waals surface area contributed by atoms with Crippen molar-refractivity contribution in [3.05, 3.63) is 35.4 Å². The van der Waals surface area contributed by atoms with Crippen molar-refractivity contribution in [3.8, 4) is 0 Å². The van der Waals surface area contributed by atoms with Crippen LogP contribution >= 0.6 is 0 Å². The van der Waals surface area contributed by atoms with Gasteiger partial charge in [-0.15, -0.1) is 0 Å². The Labute approximate surface area is 97.8 Å². The second-order valence-corrected chi connectivity index (χ2v) is 5.16. The lowest BCUT2D eigenvalue weighted by molar-refractivity contribution is -0.0657. The van der Waals surface area contributed by atoms with E-state index in [-0.39, 0.29) is 11.5 Å².